The van der Waals surface area contributed by atoms with Gasteiger partial charge in [0.05, 0.1) is 0 Å². The van der Waals surface area contributed by atoms with Crippen LogP contribution in [0.1, 0.15) is 5.56 Å². The molecule has 0 radical (unpaired) electrons. The van der Waals surface area contributed by atoms with Crippen molar-refractivity contribution in [2.24, 2.45) is 0 Å². The molecule has 0 aromatic carbocycles. The van der Waals surface area contributed by atoms with Gasteiger partial charge in [-0.15, -0.1) is 30.1 Å². The summed E-state index contributed by atoms with van der Waals surface area (Å²) in [6.07, 6.45) is 3.60. The van der Waals surface area contributed by atoms with Crippen LogP contribution in [-0.4, -0.2) is 22.0 Å². The van der Waals surface area contributed by atoms with Gasteiger partial charge in [0.2, 0.25) is 5.95 Å². The number of aromatic nitrogens is 2. The van der Waals surface area contributed by atoms with Gasteiger partial charge in [-0.1, -0.05) is 6.08 Å². The lowest BCUT2D eigenvalue weighted by Crippen LogP contribution is -2.01. The van der Waals surface area contributed by atoms with Crippen molar-refractivity contribution in [3.8, 4) is 6.07 Å². The second-order valence-corrected chi connectivity index (χ2v) is 4.29. The predicted molar refractivity (Wildman–Crippen MR) is 63.9 cm³/mol. The smallest absolute Gasteiger partial charge is 0.222 e. The summed E-state index contributed by atoms with van der Waals surface area (Å²) in [4.78, 5) is 8.04. The number of hydrogen-bond acceptors (Lipinski definition) is 6. The molecule has 0 spiro atoms. The number of nitrogens with zero attached hydrogens (tertiary/aromatic N) is 3. The van der Waals surface area contributed by atoms with E-state index in [-0.39, 0.29) is 5.95 Å². The molecule has 15 heavy (non-hydrogen) atoms. The van der Waals surface area contributed by atoms with E-state index in [2.05, 4.69) is 22.6 Å². The summed E-state index contributed by atoms with van der Waals surface area (Å²) in [5, 5.41) is 10.2. The summed E-state index contributed by atoms with van der Waals surface area (Å²) in [7, 11) is 0. The van der Waals surface area contributed by atoms with Crippen molar-refractivity contribution in [1.82, 2.24) is 9.97 Å². The lowest BCUT2D eigenvalue weighted by Gasteiger charge is -2.05. The van der Waals surface area contributed by atoms with Gasteiger partial charge in [-0.3, -0.25) is 0 Å². The molecule has 4 nitrogen and oxygen atoms in total. The van der Waals surface area contributed by atoms with Crippen LogP contribution >= 0.6 is 23.5 Å². The van der Waals surface area contributed by atoms with Crippen LogP contribution in [-0.2, 0) is 0 Å². The van der Waals surface area contributed by atoms with Gasteiger partial charge in [0, 0.05) is 5.75 Å². The number of anilines is 1. The van der Waals surface area contributed by atoms with Gasteiger partial charge in [-0.05, 0) is 6.26 Å². The quantitative estimate of drug-likeness (QED) is 0.491. The molecule has 1 aromatic rings. The lowest BCUT2D eigenvalue weighted by atomic mass is 10.4. The molecule has 0 aliphatic rings. The molecular weight excluding hydrogens is 228 g/mol. The van der Waals surface area contributed by atoms with E-state index < -0.39 is 0 Å². The van der Waals surface area contributed by atoms with E-state index in [0.29, 0.717) is 21.4 Å². The van der Waals surface area contributed by atoms with Gasteiger partial charge in [0.25, 0.3) is 0 Å². The Kier molecular flexibility index (Phi) is 4.46. The van der Waals surface area contributed by atoms with Gasteiger partial charge in [-0.2, -0.15) is 5.26 Å². The third kappa shape index (κ3) is 2.88. The maximum Gasteiger partial charge on any atom is 0.222 e. The van der Waals surface area contributed by atoms with E-state index in [1.54, 1.807) is 6.08 Å². The van der Waals surface area contributed by atoms with E-state index in [0.717, 1.165) is 0 Å². The fourth-order valence-electron chi connectivity index (χ4n) is 0.922. The fourth-order valence-corrected chi connectivity index (χ4v) is 2.24. The van der Waals surface area contributed by atoms with E-state index >= 15 is 0 Å². The highest BCUT2D eigenvalue weighted by Gasteiger charge is 2.12. The Bertz CT molecular complexity index is 411. The molecule has 0 aliphatic carbocycles. The number of nitrogen functional groups attached to an aromatic ring is 1. The Morgan fingerprint density at radius 3 is 2.73 bits per heavy atom. The van der Waals surface area contributed by atoms with Crippen LogP contribution in [0.2, 0.25) is 0 Å². The number of hydrogen-bond donors (Lipinski definition) is 1. The van der Waals surface area contributed by atoms with Crippen LogP contribution in [0.4, 0.5) is 5.95 Å². The molecule has 0 saturated heterocycles. The first-order valence-electron chi connectivity index (χ1n) is 4.08. The van der Waals surface area contributed by atoms with Crippen LogP contribution in [0.15, 0.2) is 22.7 Å². The summed E-state index contributed by atoms with van der Waals surface area (Å²) in [6, 6.07) is 2.09. The van der Waals surface area contributed by atoms with Crippen molar-refractivity contribution in [2.75, 3.05) is 17.7 Å². The highest BCUT2D eigenvalue weighted by atomic mass is 32.2. The van der Waals surface area contributed by atoms with Crippen molar-refractivity contribution >= 4 is 29.5 Å². The third-order valence-corrected chi connectivity index (χ3v) is 3.16. The number of rotatable bonds is 4. The summed E-state index contributed by atoms with van der Waals surface area (Å²) in [5.74, 6) is 0.892. The minimum atomic E-state index is 0.199. The van der Waals surface area contributed by atoms with E-state index in [1.165, 1.54) is 23.5 Å². The SMILES string of the molecule is C=CCSc1nc(N)nc(SC)c1C#N. The highest BCUT2D eigenvalue weighted by molar-refractivity contribution is 7.99. The molecule has 2 N–H and O–H groups in total. The minimum Gasteiger partial charge on any atom is -0.368 e. The molecule has 78 valence electrons. The van der Waals surface area contributed by atoms with E-state index in [9.17, 15) is 0 Å². The number of thioether (sulfide) groups is 2. The molecule has 0 fully saturated rings. The highest BCUT2D eigenvalue weighted by Crippen LogP contribution is 2.27. The summed E-state index contributed by atoms with van der Waals surface area (Å²) < 4.78 is 0. The first-order chi connectivity index (χ1) is 7.22. The predicted octanol–water partition coefficient (Wildman–Crippen LogP) is 1.93. The Morgan fingerprint density at radius 2 is 2.20 bits per heavy atom. The second kappa shape index (κ2) is 5.63. The molecule has 0 bridgehead atoms. The number of nitrogens with two attached hydrogens (primary N) is 1. The standard InChI is InChI=1S/C9H10N4S2/c1-3-4-15-8-6(5-10)7(14-2)12-9(11)13-8/h3H,1,4H2,2H3,(H2,11,12,13). The molecule has 6 heteroatoms. The van der Waals surface area contributed by atoms with Crippen molar-refractivity contribution in [3.63, 3.8) is 0 Å². The molecule has 0 amide bonds. The second-order valence-electron chi connectivity index (χ2n) is 2.48. The Morgan fingerprint density at radius 1 is 1.53 bits per heavy atom. The van der Waals surface area contributed by atoms with Crippen molar-refractivity contribution in [2.45, 2.75) is 10.1 Å². The molecule has 0 aliphatic heterocycles. The van der Waals surface area contributed by atoms with Crippen LogP contribution in [0.5, 0.6) is 0 Å². The first kappa shape index (κ1) is 11.9. The number of nitriles is 1. The maximum absolute atomic E-state index is 9.00. The largest absolute Gasteiger partial charge is 0.368 e. The summed E-state index contributed by atoms with van der Waals surface area (Å²) in [5.41, 5.74) is 6.04. The van der Waals surface area contributed by atoms with Gasteiger partial charge in [-0.25, -0.2) is 9.97 Å². The zero-order valence-electron chi connectivity index (χ0n) is 8.23. The zero-order chi connectivity index (χ0) is 11.3. The zero-order valence-corrected chi connectivity index (χ0v) is 9.86. The fraction of sp³-hybridized carbons (Fsp3) is 0.222. The van der Waals surface area contributed by atoms with Crippen LogP contribution in [0, 0.1) is 11.3 Å². The Balaban J connectivity index is 3.17. The molecular formula is C9H10N4S2. The third-order valence-electron chi connectivity index (χ3n) is 1.50. The normalized spacial score (nSPS) is 9.60. The average Bonchev–Trinajstić information content (AvgIpc) is 2.25. The lowest BCUT2D eigenvalue weighted by molar-refractivity contribution is 0.962. The van der Waals surface area contributed by atoms with Crippen LogP contribution < -0.4 is 5.73 Å². The van der Waals surface area contributed by atoms with Gasteiger partial charge in [0.15, 0.2) is 0 Å². The topological polar surface area (TPSA) is 75.6 Å². The van der Waals surface area contributed by atoms with E-state index in [1.807, 2.05) is 6.26 Å². The molecule has 0 saturated carbocycles. The molecule has 0 atom stereocenters. The Labute approximate surface area is 97.0 Å². The van der Waals surface area contributed by atoms with Crippen LogP contribution in [0.3, 0.4) is 0 Å². The van der Waals surface area contributed by atoms with Gasteiger partial charge in [0.1, 0.15) is 21.7 Å². The maximum atomic E-state index is 9.00. The monoisotopic (exact) mass is 238 g/mol. The molecule has 1 rings (SSSR count). The minimum absolute atomic E-state index is 0.199. The van der Waals surface area contributed by atoms with Gasteiger partial charge >= 0.3 is 0 Å². The van der Waals surface area contributed by atoms with Crippen molar-refractivity contribution in [3.05, 3.63) is 18.2 Å². The first-order valence-corrected chi connectivity index (χ1v) is 6.29. The summed E-state index contributed by atoms with van der Waals surface area (Å²) >= 11 is 2.82. The van der Waals surface area contributed by atoms with Crippen molar-refractivity contribution < 1.29 is 0 Å². The summed E-state index contributed by atoms with van der Waals surface area (Å²) in [6.45, 7) is 3.61. The Hall–Kier alpha value is -1.19. The van der Waals surface area contributed by atoms with Gasteiger partial charge < -0.3 is 5.73 Å². The van der Waals surface area contributed by atoms with Crippen LogP contribution in [0.25, 0.3) is 0 Å². The molecule has 1 heterocycles. The average molecular weight is 238 g/mol. The van der Waals surface area contributed by atoms with Crippen molar-refractivity contribution in [1.29, 1.82) is 5.26 Å². The molecule has 0 unspecified atom stereocenters. The molecule has 1 aromatic heterocycles. The van der Waals surface area contributed by atoms with E-state index in [4.69, 9.17) is 11.0 Å².